The molecule has 94 valence electrons. The van der Waals surface area contributed by atoms with Crippen molar-refractivity contribution >= 4 is 5.97 Å². The summed E-state index contributed by atoms with van der Waals surface area (Å²) < 4.78 is 1.66. The molecule has 0 spiro atoms. The maximum absolute atomic E-state index is 10.5. The molecule has 1 N–H and O–H groups in total. The van der Waals surface area contributed by atoms with Gasteiger partial charge in [-0.1, -0.05) is 24.3 Å². The van der Waals surface area contributed by atoms with Crippen molar-refractivity contribution in [3.05, 3.63) is 41.7 Å². The van der Waals surface area contributed by atoms with E-state index in [0.717, 1.165) is 12.1 Å². The highest BCUT2D eigenvalue weighted by molar-refractivity contribution is 5.66. The summed E-state index contributed by atoms with van der Waals surface area (Å²) in [5, 5.41) is 16.6. The first-order valence-electron chi connectivity index (χ1n) is 5.91. The van der Waals surface area contributed by atoms with E-state index in [2.05, 4.69) is 17.2 Å². The van der Waals surface area contributed by atoms with Crippen LogP contribution in [0.5, 0.6) is 0 Å². The molecule has 2 aromatic rings. The minimum absolute atomic E-state index is 0.0769. The van der Waals surface area contributed by atoms with Gasteiger partial charge in [0.15, 0.2) is 0 Å². The van der Waals surface area contributed by atoms with Crippen LogP contribution in [-0.2, 0) is 17.6 Å². The molecule has 0 radical (unpaired) electrons. The molecule has 0 amide bonds. The predicted molar refractivity (Wildman–Crippen MR) is 66.7 cm³/mol. The molecule has 0 aliphatic rings. The van der Waals surface area contributed by atoms with Gasteiger partial charge in [-0.15, -0.1) is 5.10 Å². The highest BCUT2D eigenvalue weighted by Crippen LogP contribution is 2.10. The van der Waals surface area contributed by atoms with Crippen molar-refractivity contribution in [2.45, 2.75) is 26.2 Å². The first-order valence-corrected chi connectivity index (χ1v) is 5.91. The number of nitrogens with zero attached hydrogens (tertiary/aromatic N) is 3. The first-order chi connectivity index (χ1) is 8.69. The number of hydrogen-bond acceptors (Lipinski definition) is 3. The van der Waals surface area contributed by atoms with Crippen LogP contribution in [0.15, 0.2) is 30.5 Å². The normalized spacial score (nSPS) is 10.5. The lowest BCUT2D eigenvalue weighted by molar-refractivity contribution is -0.136. The molecule has 5 heteroatoms. The number of carbonyl (C=O) groups is 1. The van der Waals surface area contributed by atoms with Crippen molar-refractivity contribution in [1.82, 2.24) is 15.0 Å². The Balaban J connectivity index is 2.10. The molecule has 0 saturated heterocycles. The van der Waals surface area contributed by atoms with Gasteiger partial charge in [-0.2, -0.15) is 0 Å². The Morgan fingerprint density at radius 3 is 2.67 bits per heavy atom. The number of rotatable bonds is 5. The Hall–Kier alpha value is -2.17. The van der Waals surface area contributed by atoms with Crippen molar-refractivity contribution in [1.29, 1.82) is 0 Å². The summed E-state index contributed by atoms with van der Waals surface area (Å²) in [6.45, 7) is 2.11. The fourth-order valence-corrected chi connectivity index (χ4v) is 1.66. The molecule has 0 fully saturated rings. The quantitative estimate of drug-likeness (QED) is 0.872. The number of carboxylic acids is 1. The number of aryl methyl sites for hydroxylation is 2. The number of carboxylic acid groups (broad SMARTS) is 1. The summed E-state index contributed by atoms with van der Waals surface area (Å²) in [6.07, 6.45) is 3.25. The average molecular weight is 245 g/mol. The second-order valence-corrected chi connectivity index (χ2v) is 4.07. The third kappa shape index (κ3) is 2.94. The molecule has 0 saturated carbocycles. The van der Waals surface area contributed by atoms with E-state index in [-0.39, 0.29) is 6.42 Å². The molecule has 18 heavy (non-hydrogen) atoms. The molecule has 0 unspecified atom stereocenters. The van der Waals surface area contributed by atoms with Gasteiger partial charge in [0.05, 0.1) is 24.0 Å². The highest BCUT2D eigenvalue weighted by Gasteiger charge is 2.05. The molecule has 1 aromatic carbocycles. The lowest BCUT2D eigenvalue weighted by atomic mass is 10.1. The number of hydrogen-bond donors (Lipinski definition) is 1. The van der Waals surface area contributed by atoms with Crippen molar-refractivity contribution in [2.75, 3.05) is 0 Å². The van der Waals surface area contributed by atoms with Crippen LogP contribution in [0.25, 0.3) is 5.69 Å². The number of benzene rings is 1. The van der Waals surface area contributed by atoms with Crippen LogP contribution in [0.4, 0.5) is 0 Å². The molecule has 2 rings (SSSR count). The van der Waals surface area contributed by atoms with Crippen LogP contribution in [0.1, 0.15) is 24.6 Å². The van der Waals surface area contributed by atoms with Gasteiger partial charge in [0.1, 0.15) is 0 Å². The molecule has 0 aliphatic carbocycles. The zero-order valence-electron chi connectivity index (χ0n) is 10.2. The monoisotopic (exact) mass is 245 g/mol. The van der Waals surface area contributed by atoms with Gasteiger partial charge >= 0.3 is 5.97 Å². The predicted octanol–water partition coefficient (Wildman–Crippen LogP) is 1.85. The molecule has 1 heterocycles. The van der Waals surface area contributed by atoms with Gasteiger partial charge in [-0.3, -0.25) is 4.79 Å². The summed E-state index contributed by atoms with van der Waals surface area (Å²) in [5.74, 6) is -0.822. The van der Waals surface area contributed by atoms with E-state index in [1.54, 1.807) is 10.9 Å². The largest absolute Gasteiger partial charge is 0.481 e. The Morgan fingerprint density at radius 1 is 1.33 bits per heavy atom. The van der Waals surface area contributed by atoms with E-state index in [0.29, 0.717) is 12.1 Å². The van der Waals surface area contributed by atoms with Crippen molar-refractivity contribution in [3.63, 3.8) is 0 Å². The zero-order chi connectivity index (χ0) is 13.0. The SMILES string of the molecule is CCc1ccc(-n2cc(CCC(=O)O)nn2)cc1. The van der Waals surface area contributed by atoms with Crippen LogP contribution in [0, 0.1) is 0 Å². The van der Waals surface area contributed by atoms with E-state index < -0.39 is 5.97 Å². The second-order valence-electron chi connectivity index (χ2n) is 4.07. The fourth-order valence-electron chi connectivity index (χ4n) is 1.66. The topological polar surface area (TPSA) is 68.0 Å². The summed E-state index contributed by atoms with van der Waals surface area (Å²) >= 11 is 0. The molecular formula is C13H15N3O2. The van der Waals surface area contributed by atoms with Crippen LogP contribution in [0.2, 0.25) is 0 Å². The van der Waals surface area contributed by atoms with Crippen LogP contribution in [-0.4, -0.2) is 26.1 Å². The van der Waals surface area contributed by atoms with E-state index in [4.69, 9.17) is 5.11 Å². The van der Waals surface area contributed by atoms with E-state index in [9.17, 15) is 4.79 Å². The maximum atomic E-state index is 10.5. The summed E-state index contributed by atoms with van der Waals surface area (Å²) in [7, 11) is 0. The van der Waals surface area contributed by atoms with Gasteiger partial charge < -0.3 is 5.11 Å². The van der Waals surface area contributed by atoms with Crippen LogP contribution in [0.3, 0.4) is 0 Å². The Labute approximate surface area is 105 Å². The first kappa shape index (κ1) is 12.3. The Bertz CT molecular complexity index is 531. The minimum Gasteiger partial charge on any atom is -0.481 e. The highest BCUT2D eigenvalue weighted by atomic mass is 16.4. The van der Waals surface area contributed by atoms with E-state index >= 15 is 0 Å². The summed E-state index contributed by atoms with van der Waals surface area (Å²) in [5.41, 5.74) is 2.89. The van der Waals surface area contributed by atoms with E-state index in [1.807, 2.05) is 24.3 Å². The van der Waals surface area contributed by atoms with Crippen molar-refractivity contribution < 1.29 is 9.90 Å². The van der Waals surface area contributed by atoms with Gasteiger partial charge in [-0.25, -0.2) is 4.68 Å². The maximum Gasteiger partial charge on any atom is 0.303 e. The molecular weight excluding hydrogens is 230 g/mol. The summed E-state index contributed by atoms with van der Waals surface area (Å²) in [6, 6.07) is 8.06. The van der Waals surface area contributed by atoms with Crippen molar-refractivity contribution in [3.8, 4) is 5.69 Å². The minimum atomic E-state index is -0.822. The Kier molecular flexibility index (Phi) is 3.72. The summed E-state index contributed by atoms with van der Waals surface area (Å²) in [4.78, 5) is 10.5. The van der Waals surface area contributed by atoms with E-state index in [1.165, 1.54) is 5.56 Å². The van der Waals surface area contributed by atoms with Crippen LogP contribution >= 0.6 is 0 Å². The molecule has 0 aliphatic heterocycles. The third-order valence-electron chi connectivity index (χ3n) is 2.74. The van der Waals surface area contributed by atoms with Gasteiger partial charge in [0.25, 0.3) is 0 Å². The lowest BCUT2D eigenvalue weighted by Crippen LogP contribution is -1.97. The lowest BCUT2D eigenvalue weighted by Gasteiger charge is -2.01. The number of aliphatic carboxylic acids is 1. The van der Waals surface area contributed by atoms with Gasteiger partial charge in [0.2, 0.25) is 0 Å². The average Bonchev–Trinajstić information content (AvgIpc) is 2.85. The third-order valence-corrected chi connectivity index (χ3v) is 2.74. The standard InChI is InChI=1S/C13H15N3O2/c1-2-10-3-6-12(7-4-10)16-9-11(14-15-16)5-8-13(17)18/h3-4,6-7,9H,2,5,8H2,1H3,(H,17,18). The Morgan fingerprint density at radius 2 is 2.06 bits per heavy atom. The van der Waals surface area contributed by atoms with Gasteiger partial charge in [-0.05, 0) is 24.1 Å². The molecule has 0 bridgehead atoms. The smallest absolute Gasteiger partial charge is 0.303 e. The molecule has 1 aromatic heterocycles. The number of aromatic nitrogens is 3. The molecule has 5 nitrogen and oxygen atoms in total. The van der Waals surface area contributed by atoms with Crippen LogP contribution < -0.4 is 0 Å². The van der Waals surface area contributed by atoms with Crippen molar-refractivity contribution in [2.24, 2.45) is 0 Å². The fraction of sp³-hybridized carbons (Fsp3) is 0.308. The zero-order valence-corrected chi connectivity index (χ0v) is 10.2. The second kappa shape index (κ2) is 5.44. The molecule has 0 atom stereocenters. The van der Waals surface area contributed by atoms with Gasteiger partial charge in [0, 0.05) is 6.42 Å².